The Hall–Kier alpha value is -4.46. The van der Waals surface area contributed by atoms with Gasteiger partial charge in [0, 0.05) is 28.9 Å². The molecule has 1 N–H and O–H groups in total. The normalized spacial score (nSPS) is 10.6. The molecule has 4 aromatic rings. The van der Waals surface area contributed by atoms with E-state index in [0.717, 1.165) is 11.3 Å². The molecule has 0 aliphatic heterocycles. The van der Waals surface area contributed by atoms with Gasteiger partial charge in [0.25, 0.3) is 5.91 Å². The van der Waals surface area contributed by atoms with E-state index in [0.29, 0.717) is 51.8 Å². The van der Waals surface area contributed by atoms with Crippen molar-refractivity contribution >= 4 is 22.6 Å². The lowest BCUT2D eigenvalue weighted by molar-refractivity contribution is 0.102. The molecule has 3 aromatic carbocycles. The monoisotopic (exact) mass is 475 g/mol. The molecule has 8 nitrogen and oxygen atoms in total. The molecule has 0 saturated heterocycles. The van der Waals surface area contributed by atoms with Gasteiger partial charge < -0.3 is 28.7 Å². The Morgan fingerprint density at radius 3 is 2.17 bits per heavy atom. The summed E-state index contributed by atoms with van der Waals surface area (Å²) in [6.07, 6.45) is 0. The lowest BCUT2D eigenvalue weighted by Crippen LogP contribution is -2.13. The van der Waals surface area contributed by atoms with Gasteiger partial charge in [0.15, 0.2) is 16.9 Å². The lowest BCUT2D eigenvalue weighted by atomic mass is 10.1. The van der Waals surface area contributed by atoms with Crippen LogP contribution in [0.3, 0.4) is 0 Å². The fourth-order valence-corrected chi connectivity index (χ4v) is 3.67. The van der Waals surface area contributed by atoms with E-state index < -0.39 is 5.91 Å². The van der Waals surface area contributed by atoms with Crippen molar-refractivity contribution < 1.29 is 28.2 Å². The van der Waals surface area contributed by atoms with Crippen molar-refractivity contribution in [2.75, 3.05) is 33.3 Å². The number of carbonyl (C=O) groups excluding carboxylic acids is 1. The van der Waals surface area contributed by atoms with Crippen LogP contribution in [-0.4, -0.2) is 33.8 Å². The minimum absolute atomic E-state index is 0.183. The summed E-state index contributed by atoms with van der Waals surface area (Å²) in [6, 6.07) is 16.7. The molecule has 0 aliphatic rings. The molecule has 0 saturated carbocycles. The number of hydrogen-bond donors (Lipinski definition) is 1. The number of anilines is 1. The predicted octanol–water partition coefficient (Wildman–Crippen LogP) is 5.14. The third kappa shape index (κ3) is 4.91. The van der Waals surface area contributed by atoms with Crippen LogP contribution in [0.2, 0.25) is 0 Å². The van der Waals surface area contributed by atoms with Gasteiger partial charge in [-0.15, -0.1) is 0 Å². The van der Waals surface area contributed by atoms with Crippen LogP contribution in [0.15, 0.2) is 69.9 Å². The molecule has 0 atom stereocenters. The smallest absolute Gasteiger partial charge is 0.255 e. The number of nitrogens with one attached hydrogen (secondary N) is 1. The second-order valence-electron chi connectivity index (χ2n) is 7.51. The summed E-state index contributed by atoms with van der Waals surface area (Å²) >= 11 is 0. The highest BCUT2D eigenvalue weighted by atomic mass is 16.5. The van der Waals surface area contributed by atoms with Gasteiger partial charge in [-0.2, -0.15) is 0 Å². The zero-order valence-electron chi connectivity index (χ0n) is 19.8. The fourth-order valence-electron chi connectivity index (χ4n) is 3.67. The first kappa shape index (κ1) is 23.7. The third-order valence-electron chi connectivity index (χ3n) is 5.36. The molecule has 0 aliphatic carbocycles. The average Bonchev–Trinajstić information content (AvgIpc) is 2.88. The molecule has 0 radical (unpaired) electrons. The number of carbonyl (C=O) groups is 1. The van der Waals surface area contributed by atoms with Crippen LogP contribution in [-0.2, 0) is 0 Å². The second-order valence-corrected chi connectivity index (χ2v) is 7.51. The highest BCUT2D eigenvalue weighted by Gasteiger charge is 2.17. The number of hydrogen-bond acceptors (Lipinski definition) is 7. The number of amides is 1. The summed E-state index contributed by atoms with van der Waals surface area (Å²) in [5.41, 5.74) is 1.67. The van der Waals surface area contributed by atoms with Crippen LogP contribution in [0.25, 0.3) is 22.3 Å². The van der Waals surface area contributed by atoms with Crippen molar-refractivity contribution in [3.63, 3.8) is 0 Å². The second kappa shape index (κ2) is 10.2. The molecule has 4 rings (SSSR count). The van der Waals surface area contributed by atoms with Gasteiger partial charge in [-0.25, -0.2) is 0 Å². The van der Waals surface area contributed by atoms with Gasteiger partial charge in [-0.1, -0.05) is 0 Å². The Kier molecular flexibility index (Phi) is 6.91. The molecule has 8 heteroatoms. The maximum atomic E-state index is 13.0. The Morgan fingerprint density at radius 1 is 0.886 bits per heavy atom. The van der Waals surface area contributed by atoms with Gasteiger partial charge in [0.2, 0.25) is 5.75 Å². The van der Waals surface area contributed by atoms with Gasteiger partial charge >= 0.3 is 0 Å². The van der Waals surface area contributed by atoms with Gasteiger partial charge in [-0.05, 0) is 55.5 Å². The summed E-state index contributed by atoms with van der Waals surface area (Å²) in [6.45, 7) is 2.48. The van der Waals surface area contributed by atoms with Crippen molar-refractivity contribution in [1.29, 1.82) is 0 Å². The Bertz CT molecular complexity index is 1400. The van der Waals surface area contributed by atoms with E-state index in [2.05, 4.69) is 5.32 Å². The van der Waals surface area contributed by atoms with Crippen molar-refractivity contribution in [3.8, 4) is 34.3 Å². The summed E-state index contributed by atoms with van der Waals surface area (Å²) in [7, 11) is 4.45. The summed E-state index contributed by atoms with van der Waals surface area (Å²) in [5.74, 6) is 1.87. The first-order valence-electron chi connectivity index (χ1n) is 10.9. The summed E-state index contributed by atoms with van der Waals surface area (Å²) in [4.78, 5) is 25.6. The van der Waals surface area contributed by atoms with E-state index in [-0.39, 0.29) is 5.43 Å². The van der Waals surface area contributed by atoms with E-state index in [1.807, 2.05) is 31.2 Å². The van der Waals surface area contributed by atoms with Crippen LogP contribution in [0.5, 0.6) is 23.0 Å². The lowest BCUT2D eigenvalue weighted by Gasteiger charge is -2.14. The van der Waals surface area contributed by atoms with Crippen molar-refractivity contribution in [3.05, 3.63) is 76.5 Å². The summed E-state index contributed by atoms with van der Waals surface area (Å²) < 4.78 is 27.4. The highest BCUT2D eigenvalue weighted by molar-refractivity contribution is 6.05. The molecule has 0 spiro atoms. The van der Waals surface area contributed by atoms with Crippen LogP contribution < -0.4 is 29.7 Å². The summed E-state index contributed by atoms with van der Waals surface area (Å²) in [5, 5.41) is 3.23. The Labute approximate surface area is 202 Å². The molecule has 0 bridgehead atoms. The fraction of sp³-hybridized carbons (Fsp3) is 0.185. The number of ether oxygens (including phenoxy) is 4. The standard InChI is InChI=1S/C27H25NO7/c1-5-34-19-9-6-16(7-10-19)22-15-21(29)20-11-8-18(14-23(20)35-22)28-27(30)17-12-24(31-2)26(33-4)25(13-17)32-3/h6-15H,5H2,1-4H3,(H,28,30). The number of benzene rings is 3. The van der Waals surface area contributed by atoms with E-state index in [1.54, 1.807) is 30.3 Å². The molecule has 0 unspecified atom stereocenters. The molecular formula is C27H25NO7. The Balaban J connectivity index is 1.65. The minimum Gasteiger partial charge on any atom is -0.494 e. The molecule has 1 amide bonds. The largest absolute Gasteiger partial charge is 0.494 e. The van der Waals surface area contributed by atoms with E-state index in [4.69, 9.17) is 23.4 Å². The topological polar surface area (TPSA) is 96.2 Å². The average molecular weight is 475 g/mol. The third-order valence-corrected chi connectivity index (χ3v) is 5.36. The Morgan fingerprint density at radius 2 is 1.57 bits per heavy atom. The highest BCUT2D eigenvalue weighted by Crippen LogP contribution is 2.38. The number of fused-ring (bicyclic) bond motifs is 1. The molecule has 180 valence electrons. The van der Waals surface area contributed by atoms with Crippen LogP contribution in [0.1, 0.15) is 17.3 Å². The van der Waals surface area contributed by atoms with Crippen LogP contribution >= 0.6 is 0 Å². The first-order chi connectivity index (χ1) is 17.0. The van der Waals surface area contributed by atoms with Crippen molar-refractivity contribution in [1.82, 2.24) is 0 Å². The SMILES string of the molecule is CCOc1ccc(-c2cc(=O)c3ccc(NC(=O)c4cc(OC)c(OC)c(OC)c4)cc3o2)cc1. The number of methoxy groups -OCH3 is 3. The van der Waals surface area contributed by atoms with Crippen LogP contribution in [0.4, 0.5) is 5.69 Å². The van der Waals surface area contributed by atoms with E-state index in [9.17, 15) is 9.59 Å². The molecule has 1 heterocycles. The quantitative estimate of drug-likeness (QED) is 0.377. The first-order valence-corrected chi connectivity index (χ1v) is 10.9. The zero-order chi connectivity index (χ0) is 24.9. The van der Waals surface area contributed by atoms with Crippen molar-refractivity contribution in [2.24, 2.45) is 0 Å². The molecule has 1 aromatic heterocycles. The van der Waals surface area contributed by atoms with Gasteiger partial charge in [0.1, 0.15) is 17.1 Å². The molecular weight excluding hydrogens is 450 g/mol. The predicted molar refractivity (Wildman–Crippen MR) is 133 cm³/mol. The molecule has 0 fully saturated rings. The minimum atomic E-state index is -0.395. The zero-order valence-corrected chi connectivity index (χ0v) is 19.8. The van der Waals surface area contributed by atoms with Gasteiger partial charge in [-0.3, -0.25) is 9.59 Å². The van der Waals surface area contributed by atoms with Gasteiger partial charge in [0.05, 0.1) is 33.3 Å². The maximum Gasteiger partial charge on any atom is 0.255 e. The van der Waals surface area contributed by atoms with E-state index >= 15 is 0 Å². The van der Waals surface area contributed by atoms with Crippen LogP contribution in [0, 0.1) is 0 Å². The maximum absolute atomic E-state index is 13.0. The van der Waals surface area contributed by atoms with Crippen molar-refractivity contribution in [2.45, 2.75) is 6.92 Å². The number of rotatable bonds is 8. The molecule has 35 heavy (non-hydrogen) atoms. The van der Waals surface area contributed by atoms with E-state index in [1.165, 1.54) is 27.4 Å².